The van der Waals surface area contributed by atoms with Crippen LogP contribution in [0, 0.1) is 0 Å². The first-order chi connectivity index (χ1) is 32.3. The van der Waals surface area contributed by atoms with Crippen molar-refractivity contribution in [2.75, 3.05) is 9.80 Å². The highest BCUT2D eigenvalue weighted by Gasteiger charge is 2.26. The summed E-state index contributed by atoms with van der Waals surface area (Å²) in [6, 6.07) is 94.4. The number of rotatable bonds is 9. The van der Waals surface area contributed by atoms with Gasteiger partial charge in [-0.05, 0) is 106 Å². The molecule has 0 aliphatic carbocycles. The SMILES string of the molecule is c1ccc(-c2ccc(N(c3ccccc3)c3cc4c(c5ccccc35)c3c5ccccc5c(N(c5ccccc5)c5ccc(-c6ccccc6)cc5)cc3n4-c3ccccc3)cc2)cc1. The predicted octanol–water partition coefficient (Wildman–Crippen LogP) is 17.4. The van der Waals surface area contributed by atoms with Crippen molar-refractivity contribution in [3.8, 4) is 27.9 Å². The summed E-state index contributed by atoms with van der Waals surface area (Å²) in [6.07, 6.45) is 0. The Labute approximate surface area is 378 Å². The maximum absolute atomic E-state index is 2.49. The molecule has 3 heteroatoms. The number of hydrogen-bond donors (Lipinski definition) is 0. The fraction of sp³-hybridized carbons (Fsp3) is 0. The van der Waals surface area contributed by atoms with E-state index in [1.54, 1.807) is 0 Å². The first kappa shape index (κ1) is 38.0. The highest BCUT2D eigenvalue weighted by atomic mass is 15.2. The smallest absolute Gasteiger partial charge is 0.0568 e. The molecule has 0 radical (unpaired) electrons. The van der Waals surface area contributed by atoms with Gasteiger partial charge in [-0.1, -0.05) is 188 Å². The Balaban J connectivity index is 1.16. The van der Waals surface area contributed by atoms with Gasteiger partial charge in [0, 0.05) is 50.0 Å². The Morgan fingerprint density at radius 3 is 0.923 bits per heavy atom. The number of anilines is 6. The molecule has 12 rings (SSSR count). The number of para-hydroxylation sites is 3. The number of aromatic nitrogens is 1. The van der Waals surface area contributed by atoms with Crippen LogP contribution in [0.4, 0.5) is 34.1 Å². The van der Waals surface area contributed by atoms with E-state index in [1.807, 2.05) is 0 Å². The van der Waals surface area contributed by atoms with Crippen LogP contribution in [-0.4, -0.2) is 4.57 Å². The van der Waals surface area contributed by atoms with Crippen LogP contribution in [0.3, 0.4) is 0 Å². The number of benzene rings is 11. The number of fused-ring (bicyclic) bond motifs is 7. The molecule has 0 bridgehead atoms. The fourth-order valence-corrected chi connectivity index (χ4v) is 9.79. The standard InChI is InChI=1S/C62H43N3/c1-6-20-44(21-7-1)46-34-38-51(39-35-46)63(48-24-10-3-11-25-48)57-42-59-61(55-32-18-16-30-53(55)57)62-56-33-19-17-31-54(56)58(43-60(62)65(59)50-28-14-5-15-29-50)64(49-26-12-4-13-27-49)52-40-36-47(37-41-52)45-22-8-2-9-23-45/h1-43H. The van der Waals surface area contributed by atoms with Gasteiger partial charge in [0.05, 0.1) is 22.4 Å². The Bertz CT molecular complexity index is 3380. The summed E-state index contributed by atoms with van der Waals surface area (Å²) in [5.74, 6) is 0. The average Bonchev–Trinajstić information content (AvgIpc) is 3.73. The molecule has 3 nitrogen and oxygen atoms in total. The molecule has 0 saturated carbocycles. The van der Waals surface area contributed by atoms with E-state index in [0.717, 1.165) is 50.8 Å². The second-order valence-corrected chi connectivity index (χ2v) is 16.5. The average molecular weight is 830 g/mol. The van der Waals surface area contributed by atoms with Gasteiger partial charge in [-0.15, -0.1) is 0 Å². The van der Waals surface area contributed by atoms with Crippen molar-refractivity contribution >= 4 is 77.5 Å². The lowest BCUT2D eigenvalue weighted by atomic mass is 9.96. The van der Waals surface area contributed by atoms with Gasteiger partial charge >= 0.3 is 0 Å². The van der Waals surface area contributed by atoms with E-state index in [4.69, 9.17) is 0 Å². The third kappa shape index (κ3) is 6.70. The van der Waals surface area contributed by atoms with Crippen LogP contribution in [0.15, 0.2) is 261 Å². The van der Waals surface area contributed by atoms with Crippen LogP contribution in [0.5, 0.6) is 0 Å². The molecule has 11 aromatic carbocycles. The van der Waals surface area contributed by atoms with Crippen molar-refractivity contribution in [1.82, 2.24) is 4.57 Å². The monoisotopic (exact) mass is 829 g/mol. The highest BCUT2D eigenvalue weighted by Crippen LogP contribution is 2.50. The van der Waals surface area contributed by atoms with Crippen molar-refractivity contribution in [3.63, 3.8) is 0 Å². The van der Waals surface area contributed by atoms with Crippen LogP contribution in [0.25, 0.3) is 71.3 Å². The second-order valence-electron chi connectivity index (χ2n) is 16.5. The van der Waals surface area contributed by atoms with Crippen molar-refractivity contribution < 1.29 is 0 Å². The topological polar surface area (TPSA) is 11.4 Å². The molecule has 1 heterocycles. The minimum Gasteiger partial charge on any atom is -0.310 e. The summed E-state index contributed by atoms with van der Waals surface area (Å²) in [5.41, 5.74) is 14.8. The Hall–Kier alpha value is -8.66. The molecule has 0 N–H and O–H groups in total. The van der Waals surface area contributed by atoms with Crippen molar-refractivity contribution in [2.24, 2.45) is 0 Å². The minimum absolute atomic E-state index is 1.09. The van der Waals surface area contributed by atoms with Gasteiger partial charge in [0.1, 0.15) is 0 Å². The zero-order valence-corrected chi connectivity index (χ0v) is 35.7. The van der Waals surface area contributed by atoms with Gasteiger partial charge in [-0.2, -0.15) is 0 Å². The van der Waals surface area contributed by atoms with Crippen molar-refractivity contribution in [1.29, 1.82) is 0 Å². The first-order valence-corrected chi connectivity index (χ1v) is 22.3. The summed E-state index contributed by atoms with van der Waals surface area (Å²) >= 11 is 0. The van der Waals surface area contributed by atoms with E-state index in [9.17, 15) is 0 Å². The molecule has 12 aromatic rings. The third-order valence-electron chi connectivity index (χ3n) is 12.7. The largest absolute Gasteiger partial charge is 0.310 e. The fourth-order valence-electron chi connectivity index (χ4n) is 9.79. The van der Waals surface area contributed by atoms with Crippen LogP contribution in [0.2, 0.25) is 0 Å². The maximum atomic E-state index is 2.49. The third-order valence-corrected chi connectivity index (χ3v) is 12.7. The zero-order chi connectivity index (χ0) is 43.1. The van der Waals surface area contributed by atoms with Gasteiger partial charge < -0.3 is 14.4 Å². The normalized spacial score (nSPS) is 11.4. The van der Waals surface area contributed by atoms with Crippen LogP contribution in [-0.2, 0) is 0 Å². The molecule has 0 atom stereocenters. The van der Waals surface area contributed by atoms with Crippen molar-refractivity contribution in [3.05, 3.63) is 261 Å². The number of nitrogens with zero attached hydrogens (tertiary/aromatic N) is 3. The molecule has 0 aliphatic heterocycles. The summed E-state index contributed by atoms with van der Waals surface area (Å²) < 4.78 is 2.49. The van der Waals surface area contributed by atoms with Gasteiger partial charge in [0.15, 0.2) is 0 Å². The molecule has 65 heavy (non-hydrogen) atoms. The van der Waals surface area contributed by atoms with E-state index in [1.165, 1.54) is 54.6 Å². The lowest BCUT2D eigenvalue weighted by molar-refractivity contribution is 1.18. The van der Waals surface area contributed by atoms with Gasteiger partial charge in [0.2, 0.25) is 0 Å². The lowest BCUT2D eigenvalue weighted by Crippen LogP contribution is -2.11. The molecular formula is C62H43N3. The molecular weight excluding hydrogens is 787 g/mol. The van der Waals surface area contributed by atoms with E-state index in [-0.39, 0.29) is 0 Å². The molecule has 0 fully saturated rings. The highest BCUT2D eigenvalue weighted by molar-refractivity contribution is 6.32. The Morgan fingerprint density at radius 1 is 0.246 bits per heavy atom. The molecule has 0 aliphatic rings. The number of hydrogen-bond acceptors (Lipinski definition) is 2. The summed E-state index contributed by atoms with van der Waals surface area (Å²) in [5, 5.41) is 7.24. The summed E-state index contributed by atoms with van der Waals surface area (Å²) in [7, 11) is 0. The molecule has 1 aromatic heterocycles. The minimum atomic E-state index is 1.09. The quantitative estimate of drug-likeness (QED) is 0.144. The Kier molecular flexibility index (Phi) is 9.50. The molecule has 0 spiro atoms. The van der Waals surface area contributed by atoms with E-state index >= 15 is 0 Å². The lowest BCUT2D eigenvalue weighted by Gasteiger charge is -2.27. The van der Waals surface area contributed by atoms with Gasteiger partial charge in [-0.25, -0.2) is 0 Å². The van der Waals surface area contributed by atoms with E-state index in [0.29, 0.717) is 0 Å². The van der Waals surface area contributed by atoms with Gasteiger partial charge in [0.25, 0.3) is 0 Å². The maximum Gasteiger partial charge on any atom is 0.0568 e. The summed E-state index contributed by atoms with van der Waals surface area (Å²) in [4.78, 5) is 4.84. The van der Waals surface area contributed by atoms with E-state index < -0.39 is 0 Å². The molecule has 0 unspecified atom stereocenters. The first-order valence-electron chi connectivity index (χ1n) is 22.3. The van der Waals surface area contributed by atoms with Gasteiger partial charge in [-0.3, -0.25) is 0 Å². The Morgan fingerprint density at radius 2 is 0.538 bits per heavy atom. The summed E-state index contributed by atoms with van der Waals surface area (Å²) in [6.45, 7) is 0. The van der Waals surface area contributed by atoms with Crippen molar-refractivity contribution in [2.45, 2.75) is 0 Å². The van der Waals surface area contributed by atoms with Crippen LogP contribution >= 0.6 is 0 Å². The molecule has 306 valence electrons. The van der Waals surface area contributed by atoms with E-state index in [2.05, 4.69) is 275 Å². The molecule has 0 amide bonds. The predicted molar refractivity (Wildman–Crippen MR) is 276 cm³/mol. The van der Waals surface area contributed by atoms with Crippen LogP contribution < -0.4 is 9.80 Å². The molecule has 0 saturated heterocycles. The second kappa shape index (κ2) is 16.2. The van der Waals surface area contributed by atoms with Crippen LogP contribution in [0.1, 0.15) is 0 Å². The zero-order valence-electron chi connectivity index (χ0n) is 35.7.